The zero-order valence-corrected chi connectivity index (χ0v) is 10.0. The Bertz CT molecular complexity index is 227. The van der Waals surface area contributed by atoms with Gasteiger partial charge in [-0.25, -0.2) is 4.79 Å². The zero-order valence-electron chi connectivity index (χ0n) is 10.0. The summed E-state index contributed by atoms with van der Waals surface area (Å²) in [5.41, 5.74) is 0. The van der Waals surface area contributed by atoms with E-state index in [-0.39, 0.29) is 6.10 Å². The second-order valence-electron chi connectivity index (χ2n) is 3.01. The SMILES string of the molecule is C=CC(=O)NC(O)C(=O)OC(C)C.COC. The number of hydrogen-bond acceptors (Lipinski definition) is 5. The number of carbonyl (C=O) groups is 2. The summed E-state index contributed by atoms with van der Waals surface area (Å²) in [6.45, 7) is 6.44. The fourth-order valence-electron chi connectivity index (χ4n) is 0.549. The monoisotopic (exact) mass is 233 g/mol. The molecule has 0 spiro atoms. The number of carbonyl (C=O) groups excluding carboxylic acids is 2. The molecule has 0 aromatic carbocycles. The molecule has 94 valence electrons. The standard InChI is InChI=1S/C8H13NO4.C2H6O/c1-4-6(10)9-7(11)8(12)13-5(2)3;1-3-2/h4-5,7,11H,1H2,2-3H3,(H,9,10);1-2H3. The first kappa shape index (κ1) is 17.0. The lowest BCUT2D eigenvalue weighted by Crippen LogP contribution is -2.41. The normalized spacial score (nSPS) is 10.9. The van der Waals surface area contributed by atoms with Gasteiger partial charge in [-0.1, -0.05) is 6.58 Å². The number of nitrogens with one attached hydrogen (secondary N) is 1. The average molecular weight is 233 g/mol. The van der Waals surface area contributed by atoms with Gasteiger partial charge in [0.25, 0.3) is 0 Å². The molecule has 1 amide bonds. The minimum Gasteiger partial charge on any atom is -0.460 e. The molecule has 0 aliphatic rings. The lowest BCUT2D eigenvalue weighted by molar-refractivity contribution is -0.160. The highest BCUT2D eigenvalue weighted by Crippen LogP contribution is 1.92. The number of methoxy groups -OCH3 is 1. The third kappa shape index (κ3) is 10.7. The molecule has 0 aromatic rings. The van der Waals surface area contributed by atoms with E-state index in [0.29, 0.717) is 0 Å². The van der Waals surface area contributed by atoms with Crippen LogP contribution in [0.4, 0.5) is 0 Å². The first-order valence-corrected chi connectivity index (χ1v) is 4.60. The van der Waals surface area contributed by atoms with Crippen LogP contribution in [0.15, 0.2) is 12.7 Å². The zero-order chi connectivity index (χ0) is 13.1. The van der Waals surface area contributed by atoms with Gasteiger partial charge in [-0.2, -0.15) is 0 Å². The molecule has 0 rings (SSSR count). The maximum atomic E-state index is 10.9. The van der Waals surface area contributed by atoms with Crippen molar-refractivity contribution in [1.29, 1.82) is 0 Å². The van der Waals surface area contributed by atoms with E-state index in [4.69, 9.17) is 5.11 Å². The van der Waals surface area contributed by atoms with Gasteiger partial charge < -0.3 is 19.9 Å². The Morgan fingerprint density at radius 1 is 1.38 bits per heavy atom. The van der Waals surface area contributed by atoms with Crippen molar-refractivity contribution in [2.24, 2.45) is 0 Å². The van der Waals surface area contributed by atoms with Crippen LogP contribution in [0.25, 0.3) is 0 Å². The van der Waals surface area contributed by atoms with Crippen molar-refractivity contribution in [2.75, 3.05) is 14.2 Å². The highest BCUT2D eigenvalue weighted by atomic mass is 16.6. The minimum absolute atomic E-state index is 0.331. The van der Waals surface area contributed by atoms with Crippen LogP contribution in [0, 0.1) is 0 Å². The largest absolute Gasteiger partial charge is 0.460 e. The summed E-state index contributed by atoms with van der Waals surface area (Å²) < 4.78 is 8.87. The van der Waals surface area contributed by atoms with E-state index in [1.165, 1.54) is 0 Å². The molecule has 0 saturated heterocycles. The highest BCUT2D eigenvalue weighted by Gasteiger charge is 2.18. The summed E-state index contributed by atoms with van der Waals surface area (Å²) in [5.74, 6) is -1.52. The molecular formula is C10H19NO5. The molecule has 0 radical (unpaired) electrons. The van der Waals surface area contributed by atoms with Crippen molar-refractivity contribution in [3.63, 3.8) is 0 Å². The molecule has 1 unspecified atom stereocenters. The van der Waals surface area contributed by atoms with Gasteiger partial charge in [0.2, 0.25) is 12.1 Å². The van der Waals surface area contributed by atoms with Crippen LogP contribution >= 0.6 is 0 Å². The van der Waals surface area contributed by atoms with Crippen molar-refractivity contribution in [3.8, 4) is 0 Å². The van der Waals surface area contributed by atoms with E-state index in [1.54, 1.807) is 28.1 Å². The molecule has 0 bridgehead atoms. The van der Waals surface area contributed by atoms with Gasteiger partial charge in [0, 0.05) is 14.2 Å². The van der Waals surface area contributed by atoms with Gasteiger partial charge in [-0.3, -0.25) is 4.79 Å². The quantitative estimate of drug-likeness (QED) is 0.400. The van der Waals surface area contributed by atoms with E-state index in [1.807, 2.05) is 5.32 Å². The number of aliphatic hydroxyl groups excluding tert-OH is 1. The molecular weight excluding hydrogens is 214 g/mol. The fraction of sp³-hybridized carbons (Fsp3) is 0.600. The molecule has 2 N–H and O–H groups in total. The van der Waals surface area contributed by atoms with Crippen LogP contribution in [0.3, 0.4) is 0 Å². The number of esters is 1. The van der Waals surface area contributed by atoms with E-state index in [2.05, 4.69) is 16.1 Å². The Labute approximate surface area is 95.2 Å². The van der Waals surface area contributed by atoms with Crippen LogP contribution in [-0.4, -0.2) is 43.5 Å². The van der Waals surface area contributed by atoms with Gasteiger partial charge >= 0.3 is 5.97 Å². The summed E-state index contributed by atoms with van der Waals surface area (Å²) in [4.78, 5) is 21.5. The molecule has 0 aliphatic heterocycles. The van der Waals surface area contributed by atoms with Crippen molar-refractivity contribution in [3.05, 3.63) is 12.7 Å². The molecule has 0 heterocycles. The smallest absolute Gasteiger partial charge is 0.356 e. The number of ether oxygens (including phenoxy) is 2. The lowest BCUT2D eigenvalue weighted by atomic mass is 10.4. The maximum absolute atomic E-state index is 10.9. The third-order valence-electron chi connectivity index (χ3n) is 1.04. The van der Waals surface area contributed by atoms with E-state index >= 15 is 0 Å². The molecule has 6 heteroatoms. The van der Waals surface area contributed by atoms with Crippen LogP contribution in [0.5, 0.6) is 0 Å². The molecule has 16 heavy (non-hydrogen) atoms. The van der Waals surface area contributed by atoms with Gasteiger partial charge in [0.05, 0.1) is 6.10 Å². The molecule has 0 aliphatic carbocycles. The number of amides is 1. The Morgan fingerprint density at radius 2 is 1.81 bits per heavy atom. The van der Waals surface area contributed by atoms with Crippen molar-refractivity contribution in [2.45, 2.75) is 26.2 Å². The van der Waals surface area contributed by atoms with Crippen LogP contribution < -0.4 is 5.32 Å². The molecule has 0 fully saturated rings. The van der Waals surface area contributed by atoms with Gasteiger partial charge in [-0.05, 0) is 19.9 Å². The first-order chi connectivity index (χ1) is 7.38. The number of aliphatic hydroxyl groups is 1. The lowest BCUT2D eigenvalue weighted by Gasteiger charge is -2.12. The molecule has 1 atom stereocenters. The van der Waals surface area contributed by atoms with Crippen molar-refractivity contribution in [1.82, 2.24) is 5.32 Å². The van der Waals surface area contributed by atoms with E-state index < -0.39 is 18.1 Å². The summed E-state index contributed by atoms with van der Waals surface area (Å²) in [7, 11) is 3.25. The predicted octanol–water partition coefficient (Wildman–Crippen LogP) is -0.179. The summed E-state index contributed by atoms with van der Waals surface area (Å²) >= 11 is 0. The second-order valence-corrected chi connectivity index (χ2v) is 3.01. The van der Waals surface area contributed by atoms with Gasteiger partial charge in [-0.15, -0.1) is 0 Å². The molecule has 0 saturated carbocycles. The number of hydrogen-bond donors (Lipinski definition) is 2. The van der Waals surface area contributed by atoms with E-state index in [9.17, 15) is 9.59 Å². The van der Waals surface area contributed by atoms with Crippen molar-refractivity contribution < 1.29 is 24.2 Å². The van der Waals surface area contributed by atoms with Crippen LogP contribution in [-0.2, 0) is 19.1 Å². The molecule has 6 nitrogen and oxygen atoms in total. The van der Waals surface area contributed by atoms with E-state index in [0.717, 1.165) is 6.08 Å². The molecule has 0 aromatic heterocycles. The van der Waals surface area contributed by atoms with Crippen LogP contribution in [0.2, 0.25) is 0 Å². The Kier molecular flexibility index (Phi) is 10.8. The van der Waals surface area contributed by atoms with Gasteiger partial charge in [0.15, 0.2) is 0 Å². The number of rotatable bonds is 4. The summed E-state index contributed by atoms with van der Waals surface area (Å²) in [6.07, 6.45) is -1.01. The Morgan fingerprint density at radius 3 is 2.12 bits per heavy atom. The summed E-state index contributed by atoms with van der Waals surface area (Å²) in [5, 5.41) is 11.0. The predicted molar refractivity (Wildman–Crippen MR) is 58.5 cm³/mol. The average Bonchev–Trinajstić information content (AvgIpc) is 2.17. The third-order valence-corrected chi connectivity index (χ3v) is 1.04. The first-order valence-electron chi connectivity index (χ1n) is 4.60. The Balaban J connectivity index is 0. The maximum Gasteiger partial charge on any atom is 0.356 e. The minimum atomic E-state index is -1.63. The second kappa shape index (κ2) is 10.1. The van der Waals surface area contributed by atoms with Crippen molar-refractivity contribution >= 4 is 11.9 Å². The Hall–Kier alpha value is -1.40. The fourth-order valence-corrected chi connectivity index (χ4v) is 0.549. The highest BCUT2D eigenvalue weighted by molar-refractivity contribution is 5.90. The van der Waals surface area contributed by atoms with Crippen LogP contribution in [0.1, 0.15) is 13.8 Å². The topological polar surface area (TPSA) is 84.9 Å². The summed E-state index contributed by atoms with van der Waals surface area (Å²) in [6, 6.07) is 0. The van der Waals surface area contributed by atoms with Gasteiger partial charge in [0.1, 0.15) is 0 Å².